The van der Waals surface area contributed by atoms with Crippen molar-refractivity contribution < 1.29 is 0 Å². The number of allylic oxidation sites excluding steroid dienone is 9. The SMILES string of the molecule is C=C/C(C)=C(C)\C(=C/C)c1cccc(-c2cc(C)c(CC)c(C)c2)c1C.C=[C-]/C(=C\C[CH2-])C(=C)C.CC.CCCCC.[CH2-]CC.[Sr+2]. The zero-order valence-electron chi connectivity index (χ0n) is 32.6. The molecule has 0 aliphatic heterocycles. The second-order valence-corrected chi connectivity index (χ2v) is 10.9. The van der Waals surface area contributed by atoms with Gasteiger partial charge in [0.15, 0.2) is 0 Å². The van der Waals surface area contributed by atoms with Crippen LogP contribution in [0.2, 0.25) is 0 Å². The topological polar surface area (TPSA) is 0 Å². The third-order valence-corrected chi connectivity index (χ3v) is 7.28. The molecule has 1 heteroatoms. The molecule has 0 saturated heterocycles. The fourth-order valence-electron chi connectivity index (χ4n) is 4.78. The molecule has 0 aromatic heterocycles. The van der Waals surface area contributed by atoms with Crippen LogP contribution in [0.1, 0.15) is 129 Å². The van der Waals surface area contributed by atoms with E-state index in [-0.39, 0.29) is 45.5 Å². The number of benzene rings is 2. The second kappa shape index (κ2) is 31.9. The molecule has 0 atom stereocenters. The molecule has 2 aromatic rings. The first-order valence-corrected chi connectivity index (χ1v) is 17.0. The van der Waals surface area contributed by atoms with Crippen molar-refractivity contribution in [2.45, 2.75) is 129 Å². The average molecular weight is 698 g/mol. The molecular formula is C45H69Sr-. The maximum atomic E-state index is 3.93. The van der Waals surface area contributed by atoms with Crippen LogP contribution in [0.4, 0.5) is 0 Å². The van der Waals surface area contributed by atoms with Crippen molar-refractivity contribution in [3.05, 3.63) is 138 Å². The van der Waals surface area contributed by atoms with E-state index in [9.17, 15) is 0 Å². The molecule has 0 aliphatic carbocycles. The second-order valence-electron chi connectivity index (χ2n) is 10.9. The summed E-state index contributed by atoms with van der Waals surface area (Å²) in [4.78, 5) is 0. The van der Waals surface area contributed by atoms with Crippen molar-refractivity contribution in [3.63, 3.8) is 0 Å². The van der Waals surface area contributed by atoms with E-state index in [4.69, 9.17) is 0 Å². The van der Waals surface area contributed by atoms with E-state index >= 15 is 0 Å². The molecule has 0 aliphatic rings. The van der Waals surface area contributed by atoms with Gasteiger partial charge in [-0.25, -0.2) is 12.5 Å². The smallest absolute Gasteiger partial charge is 0.351 e. The number of hydrogen-bond donors (Lipinski definition) is 0. The van der Waals surface area contributed by atoms with Crippen molar-refractivity contribution in [1.82, 2.24) is 0 Å². The maximum absolute atomic E-state index is 3.93. The van der Waals surface area contributed by atoms with Crippen molar-refractivity contribution >= 4 is 51.1 Å². The van der Waals surface area contributed by atoms with E-state index in [1.807, 2.05) is 39.8 Å². The number of aryl methyl sites for hydroxylation is 2. The fraction of sp³-hybridized carbons (Fsp3) is 0.422. The standard InChI is InChI=1S/C26H32.C9H12.C5H12.C3H7.C2H6.Sr/c1-9-17(4)20(7)24(11-3)26-14-12-13-25(21(26)8)22-15-18(5)23(10-2)19(6)16-22;1-5-7-9(6-2)8(3)4;1-3-5-4-2;1-3-2;1-2;/h9,11-16H,1,10H2,2-8H3;7H,1-3,5H2,4H3;3-5H2,1-2H3;1,3H2,2H3;1-2H3;/q;-2;;-1;;+2/b20-17-,24-11+;9-7+;;;;. The molecule has 0 saturated carbocycles. The normalized spacial score (nSPS) is 10.8. The first-order chi connectivity index (χ1) is 21.4. The molecule has 252 valence electrons. The first-order valence-electron chi connectivity index (χ1n) is 17.0. The van der Waals surface area contributed by atoms with E-state index in [2.05, 4.69) is 138 Å². The van der Waals surface area contributed by atoms with Gasteiger partial charge in [-0.15, -0.1) is 0 Å². The molecule has 0 unspecified atom stereocenters. The summed E-state index contributed by atoms with van der Waals surface area (Å²) >= 11 is 0. The number of unbranched alkanes of at least 4 members (excludes halogenated alkanes) is 2. The van der Waals surface area contributed by atoms with Gasteiger partial charge in [0.2, 0.25) is 0 Å². The Kier molecular flexibility index (Phi) is 35.5. The van der Waals surface area contributed by atoms with Crippen LogP contribution in [0.5, 0.6) is 0 Å². The minimum absolute atomic E-state index is 0. The van der Waals surface area contributed by atoms with Crippen LogP contribution in [0.25, 0.3) is 16.7 Å². The van der Waals surface area contributed by atoms with Gasteiger partial charge in [0.05, 0.1) is 0 Å². The van der Waals surface area contributed by atoms with Crippen LogP contribution < -0.4 is 0 Å². The van der Waals surface area contributed by atoms with E-state index in [0.717, 1.165) is 30.4 Å². The van der Waals surface area contributed by atoms with Gasteiger partial charge < -0.3 is 13.8 Å². The fourth-order valence-corrected chi connectivity index (χ4v) is 4.78. The van der Waals surface area contributed by atoms with E-state index < -0.39 is 0 Å². The van der Waals surface area contributed by atoms with E-state index in [1.54, 1.807) is 0 Å². The van der Waals surface area contributed by atoms with Gasteiger partial charge in [-0.1, -0.05) is 117 Å². The maximum Gasteiger partial charge on any atom is 2.00 e. The van der Waals surface area contributed by atoms with E-state index in [0.29, 0.717) is 0 Å². The van der Waals surface area contributed by atoms with Crippen molar-refractivity contribution in [1.29, 1.82) is 0 Å². The Morgan fingerprint density at radius 2 is 1.41 bits per heavy atom. The summed E-state index contributed by atoms with van der Waals surface area (Å²) in [5, 5.41) is 0. The molecule has 0 radical (unpaired) electrons. The molecule has 0 nitrogen and oxygen atoms in total. The van der Waals surface area contributed by atoms with Crippen molar-refractivity contribution in [2.24, 2.45) is 0 Å². The zero-order valence-corrected chi connectivity index (χ0v) is 36.1. The Bertz CT molecular complexity index is 1200. The van der Waals surface area contributed by atoms with Crippen LogP contribution >= 0.6 is 0 Å². The van der Waals surface area contributed by atoms with Gasteiger partial charge >= 0.3 is 45.5 Å². The zero-order chi connectivity index (χ0) is 35.5. The average Bonchev–Trinajstić information content (AvgIpc) is 3.02. The van der Waals surface area contributed by atoms with Crippen LogP contribution in [0, 0.1) is 40.7 Å². The molecular weight excluding hydrogens is 628 g/mol. The van der Waals surface area contributed by atoms with Gasteiger partial charge in [0, 0.05) is 0 Å². The summed E-state index contributed by atoms with van der Waals surface area (Å²) < 4.78 is 0. The predicted octanol–water partition coefficient (Wildman–Crippen LogP) is 14.5. The quantitative estimate of drug-likeness (QED) is 0.132. The van der Waals surface area contributed by atoms with E-state index in [1.165, 1.54) is 74.9 Å². The van der Waals surface area contributed by atoms with Gasteiger partial charge in [-0.3, -0.25) is 0 Å². The number of hydrogen-bond acceptors (Lipinski definition) is 0. The molecule has 0 N–H and O–H groups in total. The third-order valence-electron chi connectivity index (χ3n) is 7.28. The summed E-state index contributed by atoms with van der Waals surface area (Å²) in [5.41, 5.74) is 15.3. The molecule has 0 spiro atoms. The Morgan fingerprint density at radius 1 is 0.913 bits per heavy atom. The summed E-state index contributed by atoms with van der Waals surface area (Å²) in [6.45, 7) is 46.1. The van der Waals surface area contributed by atoms with Crippen LogP contribution in [-0.4, -0.2) is 45.5 Å². The van der Waals surface area contributed by atoms with Gasteiger partial charge in [0.25, 0.3) is 0 Å². The summed E-state index contributed by atoms with van der Waals surface area (Å²) in [6.07, 6.45) is 15.8. The third kappa shape index (κ3) is 19.2. The molecule has 46 heavy (non-hydrogen) atoms. The minimum atomic E-state index is 0. The monoisotopic (exact) mass is 697 g/mol. The molecule has 2 aromatic carbocycles. The predicted molar refractivity (Wildman–Crippen MR) is 217 cm³/mol. The summed E-state index contributed by atoms with van der Waals surface area (Å²) in [7, 11) is 0. The van der Waals surface area contributed by atoms with Crippen LogP contribution in [-0.2, 0) is 6.42 Å². The Labute approximate surface area is 326 Å². The molecule has 0 bridgehead atoms. The molecule has 0 fully saturated rings. The number of rotatable bonds is 10. The molecule has 0 heterocycles. The largest absolute Gasteiger partial charge is 2.00 e. The minimum Gasteiger partial charge on any atom is -0.351 e. The summed E-state index contributed by atoms with van der Waals surface area (Å²) in [6, 6.07) is 11.3. The van der Waals surface area contributed by atoms with Crippen LogP contribution in [0.3, 0.4) is 0 Å². The Morgan fingerprint density at radius 3 is 1.72 bits per heavy atom. The Balaban J connectivity index is -0.000000364. The van der Waals surface area contributed by atoms with Gasteiger partial charge in [-0.2, -0.15) is 36.8 Å². The van der Waals surface area contributed by atoms with Gasteiger partial charge in [-0.05, 0) is 104 Å². The van der Waals surface area contributed by atoms with Gasteiger partial charge in [0.1, 0.15) is 0 Å². The van der Waals surface area contributed by atoms with Crippen LogP contribution in [0.15, 0.2) is 90.6 Å². The molecule has 2 rings (SSSR count). The summed E-state index contributed by atoms with van der Waals surface area (Å²) in [5.74, 6) is 0. The Hall–Kier alpha value is -1.64. The van der Waals surface area contributed by atoms with Crippen molar-refractivity contribution in [2.75, 3.05) is 0 Å². The molecule has 0 amide bonds. The first kappa shape index (κ1) is 51.2. The van der Waals surface area contributed by atoms with Crippen molar-refractivity contribution in [3.8, 4) is 11.1 Å².